The Morgan fingerprint density at radius 3 is 2.15 bits per heavy atom. The Labute approximate surface area is 121 Å². The van der Waals surface area contributed by atoms with Crippen LogP contribution in [-0.4, -0.2) is 64.9 Å². The molecular weight excluding hydrogens is 252 g/mol. The minimum absolute atomic E-state index is 0.205. The highest BCUT2D eigenvalue weighted by Gasteiger charge is 2.24. The minimum atomic E-state index is -0.420. The van der Waals surface area contributed by atoms with E-state index in [2.05, 4.69) is 16.7 Å². The summed E-state index contributed by atoms with van der Waals surface area (Å²) in [6, 6.07) is 10.0. The van der Waals surface area contributed by atoms with Crippen molar-refractivity contribution in [2.24, 2.45) is 0 Å². The predicted octanol–water partition coefficient (Wildman–Crippen LogP) is 1.11. The van der Waals surface area contributed by atoms with Crippen LogP contribution in [0.25, 0.3) is 0 Å². The van der Waals surface area contributed by atoms with Crippen LogP contribution < -0.4 is 0 Å². The lowest BCUT2D eigenvalue weighted by atomic mass is 10.1. The molecule has 112 valence electrons. The molecule has 0 spiro atoms. The highest BCUT2D eigenvalue weighted by molar-refractivity contribution is 5.17. The Morgan fingerprint density at radius 2 is 1.60 bits per heavy atom. The summed E-state index contributed by atoms with van der Waals surface area (Å²) in [5.74, 6) is 0. The lowest BCUT2D eigenvalue weighted by molar-refractivity contribution is 0.0212. The fourth-order valence-electron chi connectivity index (χ4n) is 2.68. The maximum absolute atomic E-state index is 10.2. The highest BCUT2D eigenvalue weighted by Crippen LogP contribution is 2.16. The number of nitrogens with zero attached hydrogens (tertiary/aromatic N) is 2. The van der Waals surface area contributed by atoms with Crippen LogP contribution in [0, 0.1) is 0 Å². The van der Waals surface area contributed by atoms with Gasteiger partial charge in [0.1, 0.15) is 0 Å². The van der Waals surface area contributed by atoms with Crippen molar-refractivity contribution in [2.45, 2.75) is 32.1 Å². The zero-order valence-electron chi connectivity index (χ0n) is 12.4. The van der Waals surface area contributed by atoms with Gasteiger partial charge in [0.05, 0.1) is 12.2 Å². The first kappa shape index (κ1) is 15.4. The monoisotopic (exact) mass is 278 g/mol. The molecule has 4 heteroatoms. The molecule has 1 aliphatic heterocycles. The largest absolute Gasteiger partial charge is 0.392 e. The first-order valence-electron chi connectivity index (χ1n) is 7.45. The number of benzene rings is 1. The van der Waals surface area contributed by atoms with Crippen LogP contribution in [-0.2, 0) is 0 Å². The van der Waals surface area contributed by atoms with Gasteiger partial charge in [-0.3, -0.25) is 9.80 Å². The molecule has 0 radical (unpaired) electrons. The second-order valence-corrected chi connectivity index (χ2v) is 5.74. The summed E-state index contributed by atoms with van der Waals surface area (Å²) in [7, 11) is 0. The average molecular weight is 278 g/mol. The van der Waals surface area contributed by atoms with Crippen molar-refractivity contribution in [3.05, 3.63) is 35.9 Å². The van der Waals surface area contributed by atoms with Crippen molar-refractivity contribution in [2.75, 3.05) is 32.7 Å². The van der Waals surface area contributed by atoms with Gasteiger partial charge in [-0.1, -0.05) is 30.3 Å². The molecule has 0 unspecified atom stereocenters. The van der Waals surface area contributed by atoms with Crippen LogP contribution in [0.3, 0.4) is 0 Å². The van der Waals surface area contributed by atoms with Crippen LogP contribution in [0.4, 0.5) is 0 Å². The lowest BCUT2D eigenvalue weighted by Crippen LogP contribution is -2.52. The second kappa shape index (κ2) is 7.18. The molecule has 2 rings (SSSR count). The highest BCUT2D eigenvalue weighted by atomic mass is 16.3. The molecule has 3 atom stereocenters. The topological polar surface area (TPSA) is 46.9 Å². The zero-order valence-corrected chi connectivity index (χ0v) is 12.4. The molecule has 0 saturated carbocycles. The molecule has 2 N–H and O–H groups in total. The number of rotatable bonds is 5. The summed E-state index contributed by atoms with van der Waals surface area (Å²) in [6.45, 7) is 8.39. The lowest BCUT2D eigenvalue weighted by Gasteiger charge is -2.39. The summed E-state index contributed by atoms with van der Waals surface area (Å²) in [5, 5.41) is 19.9. The number of aliphatic hydroxyl groups excluding tert-OH is 2. The van der Waals surface area contributed by atoms with E-state index in [9.17, 15) is 10.2 Å². The van der Waals surface area contributed by atoms with Gasteiger partial charge < -0.3 is 10.2 Å². The van der Waals surface area contributed by atoms with E-state index >= 15 is 0 Å². The van der Waals surface area contributed by atoms with Gasteiger partial charge >= 0.3 is 0 Å². The van der Waals surface area contributed by atoms with Gasteiger partial charge in [0.2, 0.25) is 0 Å². The van der Waals surface area contributed by atoms with Crippen LogP contribution in [0.1, 0.15) is 25.5 Å². The van der Waals surface area contributed by atoms with Gasteiger partial charge in [0.15, 0.2) is 0 Å². The number of hydrogen-bond donors (Lipinski definition) is 2. The third-order valence-electron chi connectivity index (χ3n) is 4.30. The molecule has 1 aromatic rings. The summed E-state index contributed by atoms with van der Waals surface area (Å²) in [5.41, 5.74) is 0.979. The van der Waals surface area contributed by atoms with Crippen molar-refractivity contribution >= 4 is 0 Å². The summed E-state index contributed by atoms with van der Waals surface area (Å²) < 4.78 is 0. The van der Waals surface area contributed by atoms with Crippen LogP contribution in [0.15, 0.2) is 30.3 Å². The molecule has 20 heavy (non-hydrogen) atoms. The molecule has 1 aliphatic rings. The number of piperazine rings is 1. The van der Waals surface area contributed by atoms with Crippen molar-refractivity contribution < 1.29 is 10.2 Å². The van der Waals surface area contributed by atoms with Crippen LogP contribution in [0.5, 0.6) is 0 Å². The predicted molar refractivity (Wildman–Crippen MR) is 80.6 cm³/mol. The molecule has 0 aliphatic carbocycles. The van der Waals surface area contributed by atoms with E-state index in [4.69, 9.17) is 0 Å². The van der Waals surface area contributed by atoms with E-state index < -0.39 is 6.10 Å². The Balaban J connectivity index is 1.80. The van der Waals surface area contributed by atoms with Gasteiger partial charge in [-0.2, -0.15) is 0 Å². The number of aliphatic hydroxyl groups is 2. The smallest absolute Gasteiger partial charge is 0.0916 e. The molecule has 0 amide bonds. The molecule has 1 heterocycles. The summed E-state index contributed by atoms with van der Waals surface area (Å²) in [6.07, 6.45) is -0.714. The standard InChI is InChI=1S/C16H26N2O2/c1-13(14(2)19)18-10-8-17(9-11-18)12-16(20)15-6-4-3-5-7-15/h3-7,13-14,16,19-20H,8-12H2,1-2H3/t13-,14-,16+/m0/s1. The van der Waals surface area contributed by atoms with E-state index in [1.807, 2.05) is 37.3 Å². The van der Waals surface area contributed by atoms with E-state index in [-0.39, 0.29) is 12.1 Å². The van der Waals surface area contributed by atoms with E-state index in [0.717, 1.165) is 31.7 Å². The first-order valence-corrected chi connectivity index (χ1v) is 7.45. The molecule has 0 bridgehead atoms. The number of β-amino-alcohol motifs (C(OH)–C–C–N with tert-alkyl or cyclic N) is 1. The molecular formula is C16H26N2O2. The van der Waals surface area contributed by atoms with Crippen molar-refractivity contribution in [1.82, 2.24) is 9.80 Å². The van der Waals surface area contributed by atoms with Crippen LogP contribution >= 0.6 is 0 Å². The van der Waals surface area contributed by atoms with Crippen molar-refractivity contribution in [1.29, 1.82) is 0 Å². The summed E-state index contributed by atoms with van der Waals surface area (Å²) in [4.78, 5) is 4.61. The maximum Gasteiger partial charge on any atom is 0.0916 e. The summed E-state index contributed by atoms with van der Waals surface area (Å²) >= 11 is 0. The van der Waals surface area contributed by atoms with Gasteiger partial charge in [-0.25, -0.2) is 0 Å². The molecule has 4 nitrogen and oxygen atoms in total. The zero-order chi connectivity index (χ0) is 14.5. The number of hydrogen-bond acceptors (Lipinski definition) is 4. The van der Waals surface area contributed by atoms with Crippen molar-refractivity contribution in [3.8, 4) is 0 Å². The van der Waals surface area contributed by atoms with Crippen molar-refractivity contribution in [3.63, 3.8) is 0 Å². The fourth-order valence-corrected chi connectivity index (χ4v) is 2.68. The normalized spacial score (nSPS) is 22.4. The maximum atomic E-state index is 10.2. The van der Waals surface area contributed by atoms with E-state index in [1.54, 1.807) is 0 Å². The molecule has 1 aromatic carbocycles. The third kappa shape index (κ3) is 4.03. The third-order valence-corrected chi connectivity index (χ3v) is 4.30. The molecule has 1 saturated heterocycles. The van der Waals surface area contributed by atoms with Gasteiger partial charge in [0.25, 0.3) is 0 Å². The Kier molecular flexibility index (Phi) is 5.54. The molecule has 0 aromatic heterocycles. The Bertz CT molecular complexity index is 389. The minimum Gasteiger partial charge on any atom is -0.392 e. The average Bonchev–Trinajstić information content (AvgIpc) is 2.48. The second-order valence-electron chi connectivity index (χ2n) is 5.74. The van der Waals surface area contributed by atoms with Gasteiger partial charge in [-0.15, -0.1) is 0 Å². The van der Waals surface area contributed by atoms with Crippen LogP contribution in [0.2, 0.25) is 0 Å². The molecule has 1 fully saturated rings. The quantitative estimate of drug-likeness (QED) is 0.847. The fraction of sp³-hybridized carbons (Fsp3) is 0.625. The Hall–Kier alpha value is -0.940. The SMILES string of the molecule is C[C@H](O)[C@H](C)N1CCN(C[C@@H](O)c2ccccc2)CC1. The van der Waals surface area contributed by atoms with Gasteiger partial charge in [-0.05, 0) is 19.4 Å². The first-order chi connectivity index (χ1) is 9.58. The van der Waals surface area contributed by atoms with Gasteiger partial charge in [0, 0.05) is 38.8 Å². The van der Waals surface area contributed by atoms with E-state index in [0.29, 0.717) is 6.54 Å². The Morgan fingerprint density at radius 1 is 1.00 bits per heavy atom. The van der Waals surface area contributed by atoms with E-state index in [1.165, 1.54) is 0 Å².